The molecule has 0 spiro atoms. The Morgan fingerprint density at radius 3 is 2.65 bits per heavy atom. The Balaban J connectivity index is 1.59. The summed E-state index contributed by atoms with van der Waals surface area (Å²) in [6.07, 6.45) is -0.719. The number of nitrogen functional groups attached to an aromatic ring is 1. The number of ketones is 1. The van der Waals surface area contributed by atoms with Gasteiger partial charge in [-0.3, -0.25) is 14.2 Å². The Labute approximate surface area is 176 Å². The SMILES string of the molecule is Nc1cccnc1-c1ccn2c(-c3cccc(CC(=O)CCC(F)(F)F)c3)cnc2c1. The molecular formula is C23H19F3N4O. The van der Waals surface area contributed by atoms with E-state index in [1.54, 1.807) is 42.7 Å². The van der Waals surface area contributed by atoms with E-state index in [0.29, 0.717) is 22.6 Å². The first-order valence-electron chi connectivity index (χ1n) is 9.66. The second-order valence-electron chi connectivity index (χ2n) is 7.26. The zero-order valence-electron chi connectivity index (χ0n) is 16.4. The molecule has 0 unspecified atom stereocenters. The predicted molar refractivity (Wildman–Crippen MR) is 112 cm³/mol. The number of alkyl halides is 3. The van der Waals surface area contributed by atoms with E-state index in [0.717, 1.165) is 16.8 Å². The lowest BCUT2D eigenvalue weighted by Gasteiger charge is -2.08. The van der Waals surface area contributed by atoms with Crippen molar-refractivity contribution in [3.63, 3.8) is 0 Å². The summed E-state index contributed by atoms with van der Waals surface area (Å²) in [5.41, 5.74) is 11.1. The third kappa shape index (κ3) is 4.74. The Morgan fingerprint density at radius 1 is 1.03 bits per heavy atom. The number of carbonyl (C=O) groups excluding carboxylic acids is 1. The summed E-state index contributed by atoms with van der Waals surface area (Å²) in [7, 11) is 0. The number of fused-ring (bicyclic) bond motifs is 1. The molecule has 1 aromatic carbocycles. The average Bonchev–Trinajstić information content (AvgIpc) is 3.16. The third-order valence-corrected chi connectivity index (χ3v) is 4.94. The number of hydrogen-bond donors (Lipinski definition) is 1. The molecule has 0 aliphatic heterocycles. The fraction of sp³-hybridized carbons (Fsp3) is 0.174. The van der Waals surface area contributed by atoms with Crippen LogP contribution in [-0.2, 0) is 11.2 Å². The van der Waals surface area contributed by atoms with Crippen LogP contribution in [0.15, 0.2) is 67.1 Å². The Kier molecular flexibility index (Phi) is 5.46. The molecule has 5 nitrogen and oxygen atoms in total. The van der Waals surface area contributed by atoms with Gasteiger partial charge in [-0.05, 0) is 35.9 Å². The Morgan fingerprint density at radius 2 is 1.87 bits per heavy atom. The van der Waals surface area contributed by atoms with Gasteiger partial charge in [0, 0.05) is 36.4 Å². The van der Waals surface area contributed by atoms with Gasteiger partial charge in [-0.25, -0.2) is 4.98 Å². The van der Waals surface area contributed by atoms with Crippen molar-refractivity contribution in [1.29, 1.82) is 0 Å². The van der Waals surface area contributed by atoms with Gasteiger partial charge in [-0.15, -0.1) is 0 Å². The molecule has 2 N–H and O–H groups in total. The normalized spacial score (nSPS) is 11.7. The molecule has 0 bridgehead atoms. The van der Waals surface area contributed by atoms with Crippen LogP contribution in [-0.4, -0.2) is 26.3 Å². The molecule has 0 saturated carbocycles. The fourth-order valence-corrected chi connectivity index (χ4v) is 3.44. The number of benzene rings is 1. The van der Waals surface area contributed by atoms with Crippen LogP contribution in [0, 0.1) is 0 Å². The van der Waals surface area contributed by atoms with Crippen LogP contribution in [0.4, 0.5) is 18.9 Å². The number of hydrogen-bond acceptors (Lipinski definition) is 4. The lowest BCUT2D eigenvalue weighted by Crippen LogP contribution is -2.12. The summed E-state index contributed by atoms with van der Waals surface area (Å²) in [5, 5.41) is 0. The summed E-state index contributed by atoms with van der Waals surface area (Å²) >= 11 is 0. The molecule has 0 radical (unpaired) electrons. The molecule has 8 heteroatoms. The molecule has 0 aliphatic carbocycles. The number of pyridine rings is 2. The van der Waals surface area contributed by atoms with Gasteiger partial charge >= 0.3 is 6.18 Å². The molecule has 4 rings (SSSR count). The van der Waals surface area contributed by atoms with Crippen LogP contribution in [0.2, 0.25) is 0 Å². The van der Waals surface area contributed by atoms with E-state index < -0.39 is 24.8 Å². The first-order chi connectivity index (χ1) is 14.8. The molecule has 0 fully saturated rings. The smallest absolute Gasteiger partial charge is 0.389 e. The molecule has 0 aliphatic rings. The first-order valence-corrected chi connectivity index (χ1v) is 9.66. The molecule has 158 valence electrons. The van der Waals surface area contributed by atoms with Crippen LogP contribution in [0.25, 0.3) is 28.2 Å². The second-order valence-corrected chi connectivity index (χ2v) is 7.26. The second kappa shape index (κ2) is 8.22. The largest absolute Gasteiger partial charge is 0.397 e. The molecule has 0 atom stereocenters. The summed E-state index contributed by atoms with van der Waals surface area (Å²) in [5.74, 6) is -0.440. The molecule has 0 saturated heterocycles. The fourth-order valence-electron chi connectivity index (χ4n) is 3.44. The first kappa shape index (κ1) is 20.6. The molecule has 3 aromatic heterocycles. The van der Waals surface area contributed by atoms with E-state index >= 15 is 0 Å². The molecule has 3 heterocycles. The highest BCUT2D eigenvalue weighted by molar-refractivity contribution is 5.81. The minimum atomic E-state index is -4.33. The topological polar surface area (TPSA) is 73.3 Å². The van der Waals surface area contributed by atoms with Crippen molar-refractivity contribution in [2.75, 3.05) is 5.73 Å². The number of nitrogens with two attached hydrogens (primary N) is 1. The zero-order chi connectivity index (χ0) is 22.0. The standard InChI is InChI=1S/C23H19F3N4O/c24-23(25,26)8-6-18(31)12-15-3-1-4-16(11-15)20-14-29-21-13-17(7-10-30(20)21)22-19(27)5-2-9-28-22/h1-5,7,9-11,13-14H,6,8,12,27H2. The highest BCUT2D eigenvalue weighted by Gasteiger charge is 2.27. The summed E-state index contributed by atoms with van der Waals surface area (Å²) < 4.78 is 38.9. The van der Waals surface area contributed by atoms with Gasteiger partial charge in [-0.2, -0.15) is 13.2 Å². The van der Waals surface area contributed by atoms with Crippen LogP contribution in [0.1, 0.15) is 18.4 Å². The number of halogens is 3. The number of imidazole rings is 1. The van der Waals surface area contributed by atoms with Crippen molar-refractivity contribution < 1.29 is 18.0 Å². The van der Waals surface area contributed by atoms with E-state index in [-0.39, 0.29) is 6.42 Å². The van der Waals surface area contributed by atoms with Crippen molar-refractivity contribution >= 4 is 17.1 Å². The van der Waals surface area contributed by atoms with E-state index in [9.17, 15) is 18.0 Å². The van der Waals surface area contributed by atoms with Gasteiger partial charge in [0.2, 0.25) is 0 Å². The van der Waals surface area contributed by atoms with Crippen molar-refractivity contribution in [1.82, 2.24) is 14.4 Å². The number of rotatable bonds is 6. The van der Waals surface area contributed by atoms with E-state index in [1.165, 1.54) is 0 Å². The highest BCUT2D eigenvalue weighted by atomic mass is 19.4. The van der Waals surface area contributed by atoms with Crippen molar-refractivity contribution in [2.45, 2.75) is 25.4 Å². The van der Waals surface area contributed by atoms with Crippen molar-refractivity contribution in [2.24, 2.45) is 0 Å². The minimum absolute atomic E-state index is 0.0379. The zero-order valence-corrected chi connectivity index (χ0v) is 16.4. The van der Waals surface area contributed by atoms with Gasteiger partial charge in [0.1, 0.15) is 11.4 Å². The van der Waals surface area contributed by atoms with E-state index in [2.05, 4.69) is 9.97 Å². The monoisotopic (exact) mass is 424 g/mol. The summed E-state index contributed by atoms with van der Waals surface area (Å²) in [4.78, 5) is 20.7. The Hall–Kier alpha value is -3.68. The van der Waals surface area contributed by atoms with Gasteiger partial charge in [0.25, 0.3) is 0 Å². The Bertz CT molecular complexity index is 1250. The summed E-state index contributed by atoms with van der Waals surface area (Å²) in [6.45, 7) is 0. The van der Waals surface area contributed by atoms with Gasteiger partial charge in [0.15, 0.2) is 0 Å². The number of aromatic nitrogens is 3. The van der Waals surface area contributed by atoms with Crippen LogP contribution >= 0.6 is 0 Å². The molecule has 4 aromatic rings. The minimum Gasteiger partial charge on any atom is -0.397 e. The maximum atomic E-state index is 12.3. The van der Waals surface area contributed by atoms with Crippen LogP contribution in [0.3, 0.4) is 0 Å². The molecular weight excluding hydrogens is 405 g/mol. The quantitative estimate of drug-likeness (QED) is 0.467. The lowest BCUT2D eigenvalue weighted by molar-refractivity contribution is -0.143. The molecule has 0 amide bonds. The van der Waals surface area contributed by atoms with Crippen molar-refractivity contribution in [3.8, 4) is 22.5 Å². The van der Waals surface area contributed by atoms with Gasteiger partial charge in [-0.1, -0.05) is 18.2 Å². The van der Waals surface area contributed by atoms with Gasteiger partial charge < -0.3 is 5.73 Å². The number of anilines is 1. The van der Waals surface area contributed by atoms with Gasteiger partial charge in [0.05, 0.1) is 29.7 Å². The van der Waals surface area contributed by atoms with Crippen LogP contribution < -0.4 is 5.73 Å². The average molecular weight is 424 g/mol. The summed E-state index contributed by atoms with van der Waals surface area (Å²) in [6, 6.07) is 14.5. The van der Waals surface area contributed by atoms with Crippen molar-refractivity contribution in [3.05, 3.63) is 72.7 Å². The highest BCUT2D eigenvalue weighted by Crippen LogP contribution is 2.28. The third-order valence-electron chi connectivity index (χ3n) is 4.94. The maximum absolute atomic E-state index is 12.3. The maximum Gasteiger partial charge on any atom is 0.389 e. The number of Topliss-reactive ketones (excluding diaryl/α,β-unsaturated/α-hetero) is 1. The lowest BCUT2D eigenvalue weighted by atomic mass is 10.0. The predicted octanol–water partition coefficient (Wildman–Crippen LogP) is 5.10. The number of carbonyl (C=O) groups is 1. The molecule has 31 heavy (non-hydrogen) atoms. The van der Waals surface area contributed by atoms with E-state index in [4.69, 9.17) is 5.73 Å². The van der Waals surface area contributed by atoms with Crippen LogP contribution in [0.5, 0.6) is 0 Å². The number of nitrogens with zero attached hydrogens (tertiary/aromatic N) is 3. The van der Waals surface area contributed by atoms with E-state index in [1.807, 2.05) is 28.8 Å².